The first-order valence-corrected chi connectivity index (χ1v) is 6.95. The molecule has 2 rings (SSSR count). The zero-order valence-electron chi connectivity index (χ0n) is 11.4. The van der Waals surface area contributed by atoms with E-state index >= 15 is 0 Å². The van der Waals surface area contributed by atoms with Gasteiger partial charge in [-0.3, -0.25) is 9.69 Å². The smallest absolute Gasteiger partial charge is 0.303 e. The minimum absolute atomic E-state index is 0.0561. The van der Waals surface area contributed by atoms with Gasteiger partial charge in [-0.25, -0.2) is 4.39 Å². The van der Waals surface area contributed by atoms with Gasteiger partial charge in [0.1, 0.15) is 11.6 Å². The Hall–Kier alpha value is -1.62. The number of carbonyl (C=O) groups is 1. The monoisotopic (exact) mass is 281 g/mol. The van der Waals surface area contributed by atoms with Crippen LogP contribution in [0.5, 0.6) is 5.75 Å². The summed E-state index contributed by atoms with van der Waals surface area (Å²) in [6, 6.07) is 4.10. The number of rotatable bonds is 5. The molecule has 1 aromatic rings. The number of nitrogens with zero attached hydrogens (tertiary/aromatic N) is 1. The molecule has 5 heteroatoms. The first-order valence-electron chi connectivity index (χ1n) is 6.95. The molecule has 4 nitrogen and oxygen atoms in total. The molecule has 2 N–H and O–H groups in total. The molecule has 0 radical (unpaired) electrons. The summed E-state index contributed by atoms with van der Waals surface area (Å²) in [5, 5.41) is 18.1. The number of hydrogen-bond acceptors (Lipinski definition) is 3. The number of piperidine rings is 1. The zero-order valence-corrected chi connectivity index (χ0v) is 11.4. The fraction of sp³-hybridized carbons (Fsp3) is 0.533. The van der Waals surface area contributed by atoms with Gasteiger partial charge in [0.05, 0.1) is 0 Å². The van der Waals surface area contributed by atoms with Crippen molar-refractivity contribution in [1.29, 1.82) is 0 Å². The topological polar surface area (TPSA) is 60.8 Å². The van der Waals surface area contributed by atoms with Crippen LogP contribution in [0.3, 0.4) is 0 Å². The van der Waals surface area contributed by atoms with Crippen molar-refractivity contribution in [1.82, 2.24) is 4.90 Å². The fourth-order valence-electron chi connectivity index (χ4n) is 2.84. The molecule has 0 spiro atoms. The van der Waals surface area contributed by atoms with Gasteiger partial charge in [-0.1, -0.05) is 0 Å². The maximum absolute atomic E-state index is 13.2. The number of hydrogen-bond donors (Lipinski definition) is 2. The van der Waals surface area contributed by atoms with Gasteiger partial charge in [0.25, 0.3) is 0 Å². The van der Waals surface area contributed by atoms with Crippen molar-refractivity contribution in [2.45, 2.75) is 32.2 Å². The van der Waals surface area contributed by atoms with Gasteiger partial charge in [-0.15, -0.1) is 0 Å². The predicted molar refractivity (Wildman–Crippen MR) is 72.9 cm³/mol. The Kier molecular flexibility index (Phi) is 4.95. The van der Waals surface area contributed by atoms with E-state index in [4.69, 9.17) is 5.11 Å². The average Bonchev–Trinajstić information content (AvgIpc) is 2.35. The number of carboxylic acid groups (broad SMARTS) is 1. The number of phenols is 1. The maximum Gasteiger partial charge on any atom is 0.303 e. The normalized spacial score (nSPS) is 19.9. The van der Waals surface area contributed by atoms with Gasteiger partial charge in [-0.2, -0.15) is 0 Å². The second kappa shape index (κ2) is 6.70. The number of benzene rings is 1. The molecule has 1 unspecified atom stereocenters. The molecule has 110 valence electrons. The number of halogens is 1. The van der Waals surface area contributed by atoms with Crippen LogP contribution in [0, 0.1) is 11.7 Å². The van der Waals surface area contributed by atoms with E-state index < -0.39 is 11.8 Å². The quantitative estimate of drug-likeness (QED) is 0.871. The molecule has 1 atom stereocenters. The lowest BCUT2D eigenvalue weighted by Crippen LogP contribution is -2.35. The fourth-order valence-corrected chi connectivity index (χ4v) is 2.84. The molecule has 1 saturated heterocycles. The second-order valence-corrected chi connectivity index (χ2v) is 5.49. The summed E-state index contributed by atoms with van der Waals surface area (Å²) in [5.41, 5.74) is 0.751. The molecule has 0 saturated carbocycles. The molecule has 0 aliphatic carbocycles. The highest BCUT2D eigenvalue weighted by Gasteiger charge is 2.20. The van der Waals surface area contributed by atoms with Gasteiger partial charge in [0.2, 0.25) is 0 Å². The van der Waals surface area contributed by atoms with Gasteiger partial charge >= 0.3 is 5.97 Å². The Balaban J connectivity index is 1.90. The van der Waals surface area contributed by atoms with Crippen LogP contribution in [0.1, 0.15) is 31.2 Å². The first kappa shape index (κ1) is 14.8. The standard InChI is InChI=1S/C15H20FNO3/c16-13-6-12(7-14(18)8-13)10-17-5-1-2-11(9-17)3-4-15(19)20/h6-8,11,18H,1-5,9-10H2,(H,19,20). The van der Waals surface area contributed by atoms with Gasteiger partial charge < -0.3 is 10.2 Å². The summed E-state index contributed by atoms with van der Waals surface area (Å²) in [7, 11) is 0. The Labute approximate surface area is 117 Å². The van der Waals surface area contributed by atoms with Crippen LogP contribution in [0.25, 0.3) is 0 Å². The Morgan fingerprint density at radius 3 is 2.90 bits per heavy atom. The summed E-state index contributed by atoms with van der Waals surface area (Å²) >= 11 is 0. The molecule has 0 amide bonds. The highest BCUT2D eigenvalue weighted by atomic mass is 19.1. The zero-order chi connectivity index (χ0) is 14.5. The lowest BCUT2D eigenvalue weighted by molar-refractivity contribution is -0.137. The van der Waals surface area contributed by atoms with Crippen LogP contribution >= 0.6 is 0 Å². The van der Waals surface area contributed by atoms with Gasteiger partial charge in [0, 0.05) is 25.6 Å². The third kappa shape index (κ3) is 4.49. The van der Waals surface area contributed by atoms with Crippen LogP contribution in [-0.4, -0.2) is 34.2 Å². The van der Waals surface area contributed by atoms with E-state index in [9.17, 15) is 14.3 Å². The van der Waals surface area contributed by atoms with Crippen molar-refractivity contribution < 1.29 is 19.4 Å². The number of aliphatic carboxylic acids is 1. The van der Waals surface area contributed by atoms with Crippen LogP contribution < -0.4 is 0 Å². The number of carboxylic acids is 1. The number of likely N-dealkylation sites (tertiary alicyclic amines) is 1. The van der Waals surface area contributed by atoms with E-state index in [1.165, 1.54) is 6.07 Å². The SMILES string of the molecule is O=C(O)CCC1CCCN(Cc2cc(O)cc(F)c2)C1. The van der Waals surface area contributed by atoms with Crippen LogP contribution in [-0.2, 0) is 11.3 Å². The van der Waals surface area contributed by atoms with Crippen molar-refractivity contribution in [2.24, 2.45) is 5.92 Å². The second-order valence-electron chi connectivity index (χ2n) is 5.49. The molecule has 1 aliphatic rings. The van der Waals surface area contributed by atoms with E-state index in [1.807, 2.05) is 0 Å². The molecule has 1 aliphatic heterocycles. The van der Waals surface area contributed by atoms with E-state index in [2.05, 4.69) is 4.90 Å². The summed E-state index contributed by atoms with van der Waals surface area (Å²) < 4.78 is 13.2. The summed E-state index contributed by atoms with van der Waals surface area (Å²) in [5.74, 6) is -0.849. The van der Waals surface area contributed by atoms with Crippen LogP contribution in [0.15, 0.2) is 18.2 Å². The molecule has 1 heterocycles. The number of aromatic hydroxyl groups is 1. The average molecular weight is 281 g/mol. The van der Waals surface area contributed by atoms with Crippen molar-refractivity contribution >= 4 is 5.97 Å². The Morgan fingerprint density at radius 1 is 1.40 bits per heavy atom. The summed E-state index contributed by atoms with van der Waals surface area (Å²) in [6.45, 7) is 2.36. The molecule has 0 aromatic heterocycles. The molecule has 0 bridgehead atoms. The van der Waals surface area contributed by atoms with E-state index in [-0.39, 0.29) is 12.2 Å². The summed E-state index contributed by atoms with van der Waals surface area (Å²) in [6.07, 6.45) is 2.99. The number of phenolic OH excluding ortho intramolecular Hbond substituents is 1. The lowest BCUT2D eigenvalue weighted by atomic mass is 9.93. The molecule has 1 aromatic carbocycles. The lowest BCUT2D eigenvalue weighted by Gasteiger charge is -2.32. The Bertz CT molecular complexity index is 458. The molecular weight excluding hydrogens is 261 g/mol. The van der Waals surface area contributed by atoms with Crippen molar-refractivity contribution in [3.05, 3.63) is 29.6 Å². The molecule has 20 heavy (non-hydrogen) atoms. The van der Waals surface area contributed by atoms with Crippen LogP contribution in [0.2, 0.25) is 0 Å². The predicted octanol–water partition coefficient (Wildman–Crippen LogP) is 2.61. The summed E-state index contributed by atoms with van der Waals surface area (Å²) in [4.78, 5) is 12.8. The van der Waals surface area contributed by atoms with Crippen molar-refractivity contribution in [3.8, 4) is 5.75 Å². The van der Waals surface area contributed by atoms with Gasteiger partial charge in [-0.05, 0) is 49.4 Å². The molecular formula is C15H20FNO3. The van der Waals surface area contributed by atoms with Gasteiger partial charge in [0.15, 0.2) is 0 Å². The third-order valence-electron chi connectivity index (χ3n) is 3.72. The van der Waals surface area contributed by atoms with Crippen molar-refractivity contribution in [2.75, 3.05) is 13.1 Å². The largest absolute Gasteiger partial charge is 0.508 e. The maximum atomic E-state index is 13.2. The van der Waals surface area contributed by atoms with Crippen LogP contribution in [0.4, 0.5) is 4.39 Å². The first-order chi connectivity index (χ1) is 9.52. The van der Waals surface area contributed by atoms with Crippen molar-refractivity contribution in [3.63, 3.8) is 0 Å². The Morgan fingerprint density at radius 2 is 2.20 bits per heavy atom. The highest BCUT2D eigenvalue weighted by Crippen LogP contribution is 2.23. The highest BCUT2D eigenvalue weighted by molar-refractivity contribution is 5.66. The minimum atomic E-state index is -0.753. The van der Waals surface area contributed by atoms with E-state index in [1.54, 1.807) is 6.07 Å². The van der Waals surface area contributed by atoms with E-state index in [0.717, 1.165) is 37.6 Å². The third-order valence-corrected chi connectivity index (χ3v) is 3.72. The van der Waals surface area contributed by atoms with E-state index in [0.29, 0.717) is 18.9 Å². The minimum Gasteiger partial charge on any atom is -0.508 e. The molecule has 1 fully saturated rings.